The van der Waals surface area contributed by atoms with Crippen molar-refractivity contribution in [1.29, 1.82) is 0 Å². The van der Waals surface area contributed by atoms with Crippen molar-refractivity contribution < 1.29 is 19.0 Å². The highest BCUT2D eigenvalue weighted by Gasteiger charge is 2.40. The van der Waals surface area contributed by atoms with E-state index in [-0.39, 0.29) is 30.1 Å². The highest BCUT2D eigenvalue weighted by atomic mass is 16.6. The first kappa shape index (κ1) is 12.4. The SMILES string of the molecule is COC1CC(C(N)=O)CC(OC)C1OC. The number of amides is 1. The maximum atomic E-state index is 11.1. The van der Waals surface area contributed by atoms with E-state index in [0.29, 0.717) is 12.8 Å². The van der Waals surface area contributed by atoms with E-state index in [4.69, 9.17) is 19.9 Å². The van der Waals surface area contributed by atoms with Crippen LogP contribution in [0, 0.1) is 5.92 Å². The van der Waals surface area contributed by atoms with Gasteiger partial charge in [0.05, 0.1) is 12.2 Å². The summed E-state index contributed by atoms with van der Waals surface area (Å²) in [6.45, 7) is 0. The van der Waals surface area contributed by atoms with E-state index in [2.05, 4.69) is 0 Å². The topological polar surface area (TPSA) is 70.8 Å². The molecule has 0 aromatic heterocycles. The second kappa shape index (κ2) is 5.44. The molecule has 1 amide bonds. The third-order valence-corrected chi connectivity index (χ3v) is 3.05. The molecule has 0 aromatic carbocycles. The molecule has 1 aliphatic rings. The van der Waals surface area contributed by atoms with Gasteiger partial charge >= 0.3 is 0 Å². The molecule has 5 heteroatoms. The second-order valence-electron chi connectivity index (χ2n) is 3.82. The summed E-state index contributed by atoms with van der Waals surface area (Å²) < 4.78 is 15.9. The molecule has 0 saturated heterocycles. The number of hydrogen-bond acceptors (Lipinski definition) is 4. The number of carbonyl (C=O) groups is 1. The lowest BCUT2D eigenvalue weighted by Crippen LogP contribution is -2.49. The molecule has 5 nitrogen and oxygen atoms in total. The molecule has 88 valence electrons. The van der Waals surface area contributed by atoms with Gasteiger partial charge in [-0.25, -0.2) is 0 Å². The first-order valence-corrected chi connectivity index (χ1v) is 5.01. The number of ether oxygens (including phenoxy) is 3. The average molecular weight is 217 g/mol. The van der Waals surface area contributed by atoms with Crippen molar-refractivity contribution in [2.24, 2.45) is 11.7 Å². The maximum absolute atomic E-state index is 11.1. The fourth-order valence-electron chi connectivity index (χ4n) is 2.16. The summed E-state index contributed by atoms with van der Waals surface area (Å²) in [6, 6.07) is 0. The van der Waals surface area contributed by atoms with E-state index in [1.54, 1.807) is 21.3 Å². The fraction of sp³-hybridized carbons (Fsp3) is 0.900. The Morgan fingerprint density at radius 1 is 1.07 bits per heavy atom. The van der Waals surface area contributed by atoms with Crippen molar-refractivity contribution in [3.8, 4) is 0 Å². The van der Waals surface area contributed by atoms with Gasteiger partial charge in [0.25, 0.3) is 0 Å². The number of carbonyl (C=O) groups excluding carboxylic acids is 1. The molecule has 1 aliphatic carbocycles. The Kier molecular flexibility index (Phi) is 4.50. The highest BCUT2D eigenvalue weighted by molar-refractivity contribution is 5.76. The van der Waals surface area contributed by atoms with Gasteiger partial charge in [0.1, 0.15) is 6.10 Å². The molecule has 1 saturated carbocycles. The number of nitrogens with two attached hydrogens (primary N) is 1. The second-order valence-corrected chi connectivity index (χ2v) is 3.82. The van der Waals surface area contributed by atoms with Crippen LogP contribution in [0.15, 0.2) is 0 Å². The minimum absolute atomic E-state index is 0.129. The number of methoxy groups -OCH3 is 3. The van der Waals surface area contributed by atoms with E-state index in [1.807, 2.05) is 0 Å². The van der Waals surface area contributed by atoms with Crippen molar-refractivity contribution in [2.45, 2.75) is 31.2 Å². The van der Waals surface area contributed by atoms with Crippen LogP contribution in [-0.4, -0.2) is 45.5 Å². The van der Waals surface area contributed by atoms with Crippen LogP contribution in [0.4, 0.5) is 0 Å². The molecule has 1 fully saturated rings. The van der Waals surface area contributed by atoms with Gasteiger partial charge in [-0.3, -0.25) is 4.79 Å². The lowest BCUT2D eigenvalue weighted by Gasteiger charge is -2.38. The summed E-state index contributed by atoms with van der Waals surface area (Å²) in [5, 5.41) is 0. The molecular formula is C10H19NO4. The van der Waals surface area contributed by atoms with Gasteiger partial charge in [-0.1, -0.05) is 0 Å². The summed E-state index contributed by atoms with van der Waals surface area (Å²) in [4.78, 5) is 11.1. The lowest BCUT2D eigenvalue weighted by molar-refractivity contribution is -0.151. The van der Waals surface area contributed by atoms with Crippen molar-refractivity contribution in [1.82, 2.24) is 0 Å². The van der Waals surface area contributed by atoms with Crippen molar-refractivity contribution in [3.63, 3.8) is 0 Å². The van der Waals surface area contributed by atoms with Gasteiger partial charge in [-0.2, -0.15) is 0 Å². The number of hydrogen-bond donors (Lipinski definition) is 1. The Hall–Kier alpha value is -0.650. The molecule has 2 atom stereocenters. The Bertz CT molecular complexity index is 207. The lowest BCUT2D eigenvalue weighted by atomic mass is 9.82. The summed E-state index contributed by atoms with van der Waals surface area (Å²) in [6.07, 6.45) is 0.807. The molecule has 15 heavy (non-hydrogen) atoms. The Labute approximate surface area is 89.9 Å². The van der Waals surface area contributed by atoms with Crippen LogP contribution in [0.5, 0.6) is 0 Å². The summed E-state index contributed by atoms with van der Waals surface area (Å²) >= 11 is 0. The van der Waals surface area contributed by atoms with Gasteiger partial charge in [-0.05, 0) is 12.8 Å². The monoisotopic (exact) mass is 217 g/mol. The molecule has 0 heterocycles. The maximum Gasteiger partial charge on any atom is 0.220 e. The molecule has 0 aromatic rings. The van der Waals surface area contributed by atoms with Gasteiger partial charge in [0.15, 0.2) is 0 Å². The van der Waals surface area contributed by atoms with Crippen molar-refractivity contribution in [3.05, 3.63) is 0 Å². The molecule has 2 unspecified atom stereocenters. The van der Waals surface area contributed by atoms with E-state index >= 15 is 0 Å². The predicted octanol–water partition coefficient (Wildman–Crippen LogP) is -0.0733. The standard InChI is InChI=1S/C10H19NO4/c1-13-7-4-6(10(11)12)5-8(14-2)9(7)15-3/h6-9H,4-5H2,1-3H3,(H2,11,12). The quantitative estimate of drug-likeness (QED) is 0.715. The molecule has 2 N–H and O–H groups in total. The number of rotatable bonds is 4. The molecule has 0 spiro atoms. The van der Waals surface area contributed by atoms with Gasteiger partial charge in [0, 0.05) is 27.2 Å². The van der Waals surface area contributed by atoms with Gasteiger partial charge in [0.2, 0.25) is 5.91 Å². The molecular weight excluding hydrogens is 198 g/mol. The van der Waals surface area contributed by atoms with Crippen LogP contribution < -0.4 is 5.73 Å². The van der Waals surface area contributed by atoms with E-state index in [1.165, 1.54) is 0 Å². The summed E-state index contributed by atoms with van der Waals surface area (Å²) in [7, 11) is 4.83. The summed E-state index contributed by atoms with van der Waals surface area (Å²) in [5.41, 5.74) is 5.30. The largest absolute Gasteiger partial charge is 0.379 e. The first-order valence-electron chi connectivity index (χ1n) is 5.01. The van der Waals surface area contributed by atoms with Crippen molar-refractivity contribution in [2.75, 3.05) is 21.3 Å². The van der Waals surface area contributed by atoms with Crippen LogP contribution >= 0.6 is 0 Å². The molecule has 0 bridgehead atoms. The molecule has 0 radical (unpaired) electrons. The molecule has 1 rings (SSSR count). The number of primary amides is 1. The molecule has 0 aliphatic heterocycles. The Morgan fingerprint density at radius 2 is 1.53 bits per heavy atom. The first-order chi connectivity index (χ1) is 7.13. The summed E-state index contributed by atoms with van der Waals surface area (Å²) in [5.74, 6) is -0.486. The minimum atomic E-state index is -0.298. The van der Waals surface area contributed by atoms with E-state index < -0.39 is 0 Å². The third kappa shape index (κ3) is 2.68. The zero-order valence-electron chi connectivity index (χ0n) is 9.43. The Balaban J connectivity index is 2.73. The highest BCUT2D eigenvalue weighted by Crippen LogP contribution is 2.29. The van der Waals surface area contributed by atoms with E-state index in [9.17, 15) is 4.79 Å². The zero-order chi connectivity index (χ0) is 11.4. The van der Waals surface area contributed by atoms with Crippen molar-refractivity contribution >= 4 is 5.91 Å². The van der Waals surface area contributed by atoms with Crippen LogP contribution in [-0.2, 0) is 19.0 Å². The van der Waals surface area contributed by atoms with Crippen LogP contribution in [0.3, 0.4) is 0 Å². The normalized spacial score (nSPS) is 36.5. The van der Waals surface area contributed by atoms with Gasteiger partial charge in [-0.15, -0.1) is 0 Å². The van der Waals surface area contributed by atoms with Crippen LogP contribution in [0.1, 0.15) is 12.8 Å². The van der Waals surface area contributed by atoms with Gasteiger partial charge < -0.3 is 19.9 Å². The zero-order valence-corrected chi connectivity index (χ0v) is 9.43. The predicted molar refractivity (Wildman–Crippen MR) is 54.3 cm³/mol. The van der Waals surface area contributed by atoms with Crippen LogP contribution in [0.2, 0.25) is 0 Å². The average Bonchev–Trinajstić information content (AvgIpc) is 2.26. The van der Waals surface area contributed by atoms with Crippen LogP contribution in [0.25, 0.3) is 0 Å². The van der Waals surface area contributed by atoms with E-state index in [0.717, 1.165) is 0 Å². The third-order valence-electron chi connectivity index (χ3n) is 3.05. The fourth-order valence-corrected chi connectivity index (χ4v) is 2.16. The Morgan fingerprint density at radius 3 is 1.80 bits per heavy atom. The minimum Gasteiger partial charge on any atom is -0.379 e. The smallest absolute Gasteiger partial charge is 0.220 e.